The van der Waals surface area contributed by atoms with Gasteiger partial charge in [-0.3, -0.25) is 4.79 Å². The maximum Gasteiger partial charge on any atom is 0.196 e. The van der Waals surface area contributed by atoms with E-state index in [1.54, 1.807) is 0 Å². The average molecular weight is 311 g/mol. The van der Waals surface area contributed by atoms with Crippen molar-refractivity contribution in [1.82, 2.24) is 4.98 Å². The van der Waals surface area contributed by atoms with Gasteiger partial charge in [-0.1, -0.05) is 66.7 Å². The first-order chi connectivity index (χ1) is 11.8. The SMILES string of the molecule is C=CCc1[nH]c2ccccc2c1C(=O)c1cccc2ccccc12. The van der Waals surface area contributed by atoms with Gasteiger partial charge in [-0.15, -0.1) is 6.58 Å². The third kappa shape index (κ3) is 2.24. The van der Waals surface area contributed by atoms with Gasteiger partial charge in [0.1, 0.15) is 0 Å². The minimum atomic E-state index is 0.0566. The Morgan fingerprint density at radius 3 is 2.46 bits per heavy atom. The first-order valence-corrected chi connectivity index (χ1v) is 8.02. The number of fused-ring (bicyclic) bond motifs is 2. The minimum Gasteiger partial charge on any atom is -0.358 e. The van der Waals surface area contributed by atoms with Gasteiger partial charge in [0.15, 0.2) is 5.78 Å². The summed E-state index contributed by atoms with van der Waals surface area (Å²) in [6, 6.07) is 21.8. The highest BCUT2D eigenvalue weighted by molar-refractivity contribution is 6.22. The fourth-order valence-corrected chi connectivity index (χ4v) is 3.31. The van der Waals surface area contributed by atoms with E-state index >= 15 is 0 Å². The summed E-state index contributed by atoms with van der Waals surface area (Å²) in [5.74, 6) is 0.0566. The molecule has 4 rings (SSSR count). The number of hydrogen-bond donors (Lipinski definition) is 1. The fourth-order valence-electron chi connectivity index (χ4n) is 3.31. The molecule has 0 bridgehead atoms. The third-order valence-electron chi connectivity index (χ3n) is 4.39. The summed E-state index contributed by atoms with van der Waals surface area (Å²) < 4.78 is 0. The zero-order chi connectivity index (χ0) is 16.5. The van der Waals surface area contributed by atoms with Crippen molar-refractivity contribution in [2.24, 2.45) is 0 Å². The number of rotatable bonds is 4. The van der Waals surface area contributed by atoms with Crippen LogP contribution >= 0.6 is 0 Å². The molecule has 0 saturated heterocycles. The van der Waals surface area contributed by atoms with E-state index in [0.717, 1.165) is 38.5 Å². The van der Waals surface area contributed by atoms with Crippen molar-refractivity contribution in [2.45, 2.75) is 6.42 Å². The molecular formula is C22H17NO. The van der Waals surface area contributed by atoms with Crippen molar-refractivity contribution in [2.75, 3.05) is 0 Å². The number of aromatic amines is 1. The van der Waals surface area contributed by atoms with Gasteiger partial charge in [-0.25, -0.2) is 0 Å². The van der Waals surface area contributed by atoms with Crippen LogP contribution in [0.25, 0.3) is 21.7 Å². The quantitative estimate of drug-likeness (QED) is 0.403. The topological polar surface area (TPSA) is 32.9 Å². The Balaban J connectivity index is 1.98. The molecule has 2 heteroatoms. The number of nitrogens with one attached hydrogen (secondary N) is 1. The van der Waals surface area contributed by atoms with Gasteiger partial charge in [-0.05, 0) is 16.8 Å². The van der Waals surface area contributed by atoms with Crippen LogP contribution in [0.15, 0.2) is 79.4 Å². The summed E-state index contributed by atoms with van der Waals surface area (Å²) in [4.78, 5) is 16.7. The summed E-state index contributed by atoms with van der Waals surface area (Å²) in [6.07, 6.45) is 2.46. The largest absolute Gasteiger partial charge is 0.358 e. The molecule has 0 aliphatic heterocycles. The molecular weight excluding hydrogens is 294 g/mol. The highest BCUT2D eigenvalue weighted by Gasteiger charge is 2.20. The first-order valence-electron chi connectivity index (χ1n) is 8.02. The van der Waals surface area contributed by atoms with Crippen molar-refractivity contribution in [3.63, 3.8) is 0 Å². The van der Waals surface area contributed by atoms with Gasteiger partial charge in [0.25, 0.3) is 0 Å². The normalized spacial score (nSPS) is 11.0. The highest BCUT2D eigenvalue weighted by atomic mass is 16.1. The highest BCUT2D eigenvalue weighted by Crippen LogP contribution is 2.28. The lowest BCUT2D eigenvalue weighted by Gasteiger charge is -2.07. The number of carbonyl (C=O) groups is 1. The van der Waals surface area contributed by atoms with E-state index in [-0.39, 0.29) is 5.78 Å². The van der Waals surface area contributed by atoms with Crippen molar-refractivity contribution in [3.05, 3.63) is 96.2 Å². The molecule has 1 heterocycles. The first kappa shape index (κ1) is 14.5. The van der Waals surface area contributed by atoms with Crippen LogP contribution in [0, 0.1) is 0 Å². The second-order valence-electron chi connectivity index (χ2n) is 5.87. The maximum atomic E-state index is 13.4. The Morgan fingerprint density at radius 1 is 0.917 bits per heavy atom. The molecule has 24 heavy (non-hydrogen) atoms. The molecule has 3 aromatic carbocycles. The van der Waals surface area contributed by atoms with E-state index in [0.29, 0.717) is 6.42 Å². The van der Waals surface area contributed by atoms with E-state index < -0.39 is 0 Å². The fraction of sp³-hybridized carbons (Fsp3) is 0.0455. The zero-order valence-corrected chi connectivity index (χ0v) is 13.3. The lowest BCUT2D eigenvalue weighted by molar-refractivity contribution is 0.104. The molecule has 1 aromatic heterocycles. The zero-order valence-electron chi connectivity index (χ0n) is 13.3. The van der Waals surface area contributed by atoms with Crippen LogP contribution in [0.4, 0.5) is 0 Å². The smallest absolute Gasteiger partial charge is 0.196 e. The molecule has 0 aliphatic rings. The number of aromatic nitrogens is 1. The van der Waals surface area contributed by atoms with Crippen LogP contribution in [0.1, 0.15) is 21.6 Å². The number of hydrogen-bond acceptors (Lipinski definition) is 1. The van der Waals surface area contributed by atoms with E-state index in [2.05, 4.69) is 11.6 Å². The monoisotopic (exact) mass is 311 g/mol. The molecule has 0 saturated carbocycles. The lowest BCUT2D eigenvalue weighted by atomic mass is 9.95. The summed E-state index contributed by atoms with van der Waals surface area (Å²) in [5.41, 5.74) is 3.40. The van der Waals surface area contributed by atoms with Gasteiger partial charge in [-0.2, -0.15) is 0 Å². The maximum absolute atomic E-state index is 13.4. The number of ketones is 1. The Morgan fingerprint density at radius 2 is 1.62 bits per heavy atom. The number of benzene rings is 3. The second-order valence-corrected chi connectivity index (χ2v) is 5.87. The van der Waals surface area contributed by atoms with Crippen LogP contribution in [-0.4, -0.2) is 10.8 Å². The van der Waals surface area contributed by atoms with Crippen LogP contribution in [-0.2, 0) is 6.42 Å². The molecule has 0 atom stereocenters. The van der Waals surface area contributed by atoms with Gasteiger partial charge in [0.2, 0.25) is 0 Å². The number of para-hydroxylation sites is 1. The molecule has 0 amide bonds. The average Bonchev–Trinajstić information content (AvgIpc) is 2.99. The van der Waals surface area contributed by atoms with Gasteiger partial charge >= 0.3 is 0 Å². The van der Waals surface area contributed by atoms with Crippen molar-refractivity contribution < 1.29 is 4.79 Å². The lowest BCUT2D eigenvalue weighted by Crippen LogP contribution is -2.05. The number of allylic oxidation sites excluding steroid dienone is 1. The molecule has 116 valence electrons. The molecule has 2 nitrogen and oxygen atoms in total. The Bertz CT molecular complexity index is 1070. The van der Waals surface area contributed by atoms with Crippen LogP contribution in [0.3, 0.4) is 0 Å². The molecule has 0 aliphatic carbocycles. The molecule has 4 aromatic rings. The summed E-state index contributed by atoms with van der Waals surface area (Å²) in [5, 5.41) is 3.03. The predicted molar refractivity (Wildman–Crippen MR) is 99.6 cm³/mol. The Labute approximate surface area is 140 Å². The van der Waals surface area contributed by atoms with E-state index in [1.807, 2.05) is 72.8 Å². The molecule has 1 N–H and O–H groups in total. The second kappa shape index (κ2) is 5.82. The van der Waals surface area contributed by atoms with Crippen molar-refractivity contribution in [1.29, 1.82) is 0 Å². The number of H-pyrrole nitrogens is 1. The van der Waals surface area contributed by atoms with E-state index in [4.69, 9.17) is 0 Å². The van der Waals surface area contributed by atoms with Crippen LogP contribution < -0.4 is 0 Å². The Hall–Kier alpha value is -3.13. The van der Waals surface area contributed by atoms with Crippen LogP contribution in [0.2, 0.25) is 0 Å². The van der Waals surface area contributed by atoms with E-state index in [9.17, 15) is 4.79 Å². The van der Waals surface area contributed by atoms with E-state index in [1.165, 1.54) is 0 Å². The van der Waals surface area contributed by atoms with Crippen molar-refractivity contribution in [3.8, 4) is 0 Å². The molecule has 0 fully saturated rings. The summed E-state index contributed by atoms with van der Waals surface area (Å²) in [6.45, 7) is 3.82. The predicted octanol–water partition coefficient (Wildman–Crippen LogP) is 5.28. The number of carbonyl (C=O) groups excluding carboxylic acids is 1. The Kier molecular flexibility index (Phi) is 3.51. The standard InChI is InChI=1S/C22H17NO/c1-2-8-20-21(18-12-5-6-14-19(18)23-20)22(24)17-13-7-10-15-9-3-4-11-16(15)17/h2-7,9-14,23H,1,8H2. The van der Waals surface area contributed by atoms with Crippen LogP contribution in [0.5, 0.6) is 0 Å². The molecule has 0 spiro atoms. The molecule has 0 radical (unpaired) electrons. The molecule has 0 unspecified atom stereocenters. The van der Waals surface area contributed by atoms with Crippen molar-refractivity contribution >= 4 is 27.5 Å². The minimum absolute atomic E-state index is 0.0566. The third-order valence-corrected chi connectivity index (χ3v) is 4.39. The summed E-state index contributed by atoms with van der Waals surface area (Å²) >= 11 is 0. The summed E-state index contributed by atoms with van der Waals surface area (Å²) in [7, 11) is 0. The van der Waals surface area contributed by atoms with Gasteiger partial charge in [0.05, 0.1) is 5.56 Å². The van der Waals surface area contributed by atoms with Gasteiger partial charge < -0.3 is 4.98 Å². The van der Waals surface area contributed by atoms with Gasteiger partial charge in [0, 0.05) is 28.6 Å².